The van der Waals surface area contributed by atoms with Crippen molar-refractivity contribution in [3.05, 3.63) is 108 Å². The van der Waals surface area contributed by atoms with Crippen molar-refractivity contribution in [2.45, 2.75) is 114 Å². The van der Waals surface area contributed by atoms with Gasteiger partial charge in [0.15, 0.2) is 12.6 Å². The molecule has 4 saturated heterocycles. The van der Waals surface area contributed by atoms with E-state index in [1.54, 1.807) is 25.4 Å². The number of hydrogen-bond donors (Lipinski definition) is 0. The zero-order chi connectivity index (χ0) is 49.0. The van der Waals surface area contributed by atoms with Crippen LogP contribution in [0.5, 0.6) is 11.8 Å². The van der Waals surface area contributed by atoms with Crippen molar-refractivity contribution in [2.24, 2.45) is 0 Å². The van der Waals surface area contributed by atoms with Gasteiger partial charge in [-0.1, -0.05) is 105 Å². The molecule has 70 heavy (non-hydrogen) atoms. The summed E-state index contributed by atoms with van der Waals surface area (Å²) in [4.78, 5) is 35.0. The van der Waals surface area contributed by atoms with E-state index < -0.39 is 19.7 Å². The lowest BCUT2D eigenvalue weighted by Crippen LogP contribution is -2.67. The molecule has 0 radical (unpaired) electrons. The first-order valence-electron chi connectivity index (χ1n) is 24.7. The van der Waals surface area contributed by atoms with Crippen molar-refractivity contribution in [3.8, 4) is 23.0 Å². The predicted molar refractivity (Wildman–Crippen MR) is 276 cm³/mol. The molecule has 10 rings (SSSR count). The van der Waals surface area contributed by atoms with Gasteiger partial charge in [0.25, 0.3) is 8.32 Å². The highest BCUT2D eigenvalue weighted by Crippen LogP contribution is 2.46. The summed E-state index contributed by atoms with van der Waals surface area (Å²) in [5.74, 6) is 0.363. The first kappa shape index (κ1) is 48.3. The van der Waals surface area contributed by atoms with Crippen LogP contribution >= 0.6 is 11.6 Å². The maximum absolute atomic E-state index is 17.7. The Kier molecular flexibility index (Phi) is 13.1. The summed E-state index contributed by atoms with van der Waals surface area (Å²) in [5, 5.41) is 4.68. The molecule has 12 nitrogen and oxygen atoms in total. The summed E-state index contributed by atoms with van der Waals surface area (Å²) in [6.45, 7) is 15.4. The first-order valence-corrected chi connectivity index (χ1v) is 27.0. The van der Waals surface area contributed by atoms with E-state index in [0.717, 1.165) is 50.5 Å². The minimum atomic E-state index is -2.77. The zero-order valence-corrected chi connectivity index (χ0v) is 43.1. The van der Waals surface area contributed by atoms with Gasteiger partial charge in [-0.3, -0.25) is 14.8 Å². The topological polar surface area (TPSA) is 112 Å². The Hall–Kier alpha value is -5.38. The number of nitrogens with zero attached hydrogens (tertiary/aromatic N) is 6. The number of rotatable bonds is 13. The van der Waals surface area contributed by atoms with E-state index in [1.165, 1.54) is 10.4 Å². The van der Waals surface area contributed by atoms with Gasteiger partial charge in [-0.25, -0.2) is 9.18 Å². The molecule has 0 N–H and O–H groups in total. The first-order chi connectivity index (χ1) is 33.6. The van der Waals surface area contributed by atoms with Gasteiger partial charge in [-0.15, -0.1) is 0 Å². The Morgan fingerprint density at radius 1 is 0.871 bits per heavy atom. The van der Waals surface area contributed by atoms with Crippen LogP contribution in [-0.4, -0.2) is 115 Å². The van der Waals surface area contributed by atoms with E-state index in [-0.39, 0.29) is 58.8 Å². The van der Waals surface area contributed by atoms with Crippen molar-refractivity contribution in [1.82, 2.24) is 24.8 Å². The van der Waals surface area contributed by atoms with Crippen molar-refractivity contribution in [3.63, 3.8) is 0 Å². The SMILES string of the molecule is COCOc1cc(-c2ncc3c(N4C[C@H]5CC[C@@H](C4)N5C(=O)OC(C)(C)C)nc(OC[C@]45CCCN4[C@H](CO[Si](c4ccccc4)(c4ccccc4)C(C)(C)C)CC5)nc3c2F)c2c(Cl)cccc2c1. The number of fused-ring (bicyclic) bond motifs is 5. The number of anilines is 1. The number of aromatic nitrogens is 3. The summed E-state index contributed by atoms with van der Waals surface area (Å²) < 4.78 is 49.0. The molecule has 6 heterocycles. The second-order valence-electron chi connectivity index (χ2n) is 21.5. The summed E-state index contributed by atoms with van der Waals surface area (Å²) >= 11 is 6.85. The number of amides is 1. The summed E-state index contributed by atoms with van der Waals surface area (Å²) in [6, 6.07) is 30.8. The van der Waals surface area contributed by atoms with E-state index in [9.17, 15) is 4.79 Å². The quantitative estimate of drug-likeness (QED) is 0.0815. The lowest BCUT2D eigenvalue weighted by Gasteiger charge is -2.44. The maximum atomic E-state index is 17.7. The standard InChI is InChI=1S/C55H64ClFN6O6Si/c1-53(2,3)69-52(64)63-37-22-23-38(63)32-61(31-37)50-44-30-58-48(43-29-40(67-35-65-7)28-36-16-14-21-45(56)46(36)43)47(57)49(44)59-51(60-50)66-34-55-25-15-27-62(55)39(24-26-55)33-68-70(54(4,5)6,41-17-10-8-11-18-41)42-19-12-9-13-20-42/h8-14,16-21,28-30,37-39H,15,22-27,31-35H2,1-7H3/t37-,38+,39-,55+/m0/s1. The number of pyridine rings is 1. The highest BCUT2D eigenvalue weighted by molar-refractivity contribution is 6.99. The Labute approximate surface area is 416 Å². The summed E-state index contributed by atoms with van der Waals surface area (Å²) in [5.41, 5.74) is -0.287. The molecule has 2 bridgehead atoms. The lowest BCUT2D eigenvalue weighted by molar-refractivity contribution is 0.0122. The molecule has 15 heteroatoms. The fourth-order valence-corrected chi connectivity index (χ4v) is 16.8. The fraction of sp³-hybridized carbons (Fsp3) is 0.455. The van der Waals surface area contributed by atoms with Gasteiger partial charge in [-0.2, -0.15) is 9.97 Å². The van der Waals surface area contributed by atoms with Gasteiger partial charge in [0.05, 0.1) is 29.6 Å². The summed E-state index contributed by atoms with van der Waals surface area (Å²) in [7, 11) is -1.22. The monoisotopic (exact) mass is 986 g/mol. The van der Waals surface area contributed by atoms with E-state index in [1.807, 2.05) is 43.9 Å². The average Bonchev–Trinajstić information content (AvgIpc) is 3.99. The molecule has 0 aliphatic carbocycles. The minimum absolute atomic E-state index is 0.00704. The second kappa shape index (κ2) is 19.0. The van der Waals surface area contributed by atoms with Crippen molar-refractivity contribution in [1.29, 1.82) is 0 Å². The van der Waals surface area contributed by atoms with Crippen LogP contribution in [0.3, 0.4) is 0 Å². The molecule has 4 aliphatic heterocycles. The van der Waals surface area contributed by atoms with Gasteiger partial charge in [0.2, 0.25) is 0 Å². The maximum Gasteiger partial charge on any atom is 0.410 e. The molecule has 4 atom stereocenters. The highest BCUT2D eigenvalue weighted by atomic mass is 35.5. The number of piperazine rings is 1. The Balaban J connectivity index is 0.992. The molecule has 0 saturated carbocycles. The van der Waals surface area contributed by atoms with Gasteiger partial charge < -0.3 is 28.3 Å². The molecule has 4 aromatic carbocycles. The van der Waals surface area contributed by atoms with Crippen LogP contribution in [-0.2, 0) is 13.9 Å². The van der Waals surface area contributed by atoms with E-state index in [0.29, 0.717) is 59.2 Å². The third-order valence-electron chi connectivity index (χ3n) is 14.9. The number of benzene rings is 4. The molecule has 4 fully saturated rings. The lowest BCUT2D eigenvalue weighted by atomic mass is 9.95. The van der Waals surface area contributed by atoms with E-state index in [2.05, 4.69) is 91.2 Å². The number of halogens is 2. The van der Waals surface area contributed by atoms with Crippen LogP contribution in [0, 0.1) is 5.82 Å². The second-order valence-corrected chi connectivity index (χ2v) is 26.2. The van der Waals surface area contributed by atoms with Crippen LogP contribution in [0.15, 0.2) is 97.2 Å². The Bertz CT molecular complexity index is 2830. The van der Waals surface area contributed by atoms with Crippen molar-refractivity contribution < 1.29 is 32.6 Å². The van der Waals surface area contributed by atoms with Gasteiger partial charge in [0, 0.05) is 48.4 Å². The number of hydrogen-bond acceptors (Lipinski definition) is 11. The van der Waals surface area contributed by atoms with E-state index in [4.69, 9.17) is 49.9 Å². The highest BCUT2D eigenvalue weighted by Gasteiger charge is 2.54. The number of methoxy groups -OCH3 is 1. The third-order valence-corrected chi connectivity index (χ3v) is 20.3. The van der Waals surface area contributed by atoms with Crippen LogP contribution in [0.1, 0.15) is 80.1 Å². The normalized spacial score (nSPS) is 21.7. The zero-order valence-electron chi connectivity index (χ0n) is 41.3. The smallest absolute Gasteiger partial charge is 0.410 e. The predicted octanol–water partition coefficient (Wildman–Crippen LogP) is 10.2. The molecule has 0 unspecified atom stereocenters. The molecular formula is C55H64ClFN6O6Si. The van der Waals surface area contributed by atoms with Gasteiger partial charge in [-0.05, 0) is 105 Å². The number of carbonyl (C=O) groups excluding carboxylic acids is 1. The fourth-order valence-electron chi connectivity index (χ4n) is 11.9. The van der Waals surface area contributed by atoms with Gasteiger partial charge in [0.1, 0.15) is 35.0 Å². The largest absolute Gasteiger partial charge is 0.468 e. The summed E-state index contributed by atoms with van der Waals surface area (Å²) in [6.07, 6.45) is 6.84. The average molecular weight is 988 g/mol. The molecule has 368 valence electrons. The van der Waals surface area contributed by atoms with Gasteiger partial charge >= 0.3 is 12.1 Å². The molecule has 4 aliphatic rings. The number of ether oxygens (including phenoxy) is 4. The van der Waals surface area contributed by atoms with Crippen molar-refractivity contribution >= 4 is 63.9 Å². The molecule has 6 aromatic rings. The molecule has 1 amide bonds. The van der Waals surface area contributed by atoms with Crippen LogP contribution in [0.2, 0.25) is 10.1 Å². The van der Waals surface area contributed by atoms with Crippen LogP contribution < -0.4 is 24.7 Å². The van der Waals surface area contributed by atoms with Crippen molar-refractivity contribution in [2.75, 3.05) is 51.7 Å². The minimum Gasteiger partial charge on any atom is -0.468 e. The molecule has 2 aromatic heterocycles. The number of carbonyl (C=O) groups is 1. The Morgan fingerprint density at radius 2 is 1.57 bits per heavy atom. The Morgan fingerprint density at radius 3 is 2.23 bits per heavy atom. The van der Waals surface area contributed by atoms with Crippen LogP contribution in [0.25, 0.3) is 32.9 Å². The molecule has 0 spiro atoms. The third kappa shape index (κ3) is 8.88. The van der Waals surface area contributed by atoms with E-state index >= 15 is 4.39 Å². The molecular weight excluding hydrogens is 923 g/mol. The van der Waals surface area contributed by atoms with Crippen LogP contribution in [0.4, 0.5) is 15.0 Å².